The van der Waals surface area contributed by atoms with Gasteiger partial charge in [-0.3, -0.25) is 0 Å². The van der Waals surface area contributed by atoms with Gasteiger partial charge >= 0.3 is 0 Å². The predicted molar refractivity (Wildman–Crippen MR) is 87.2 cm³/mol. The van der Waals surface area contributed by atoms with Gasteiger partial charge < -0.3 is 10.1 Å². The average Bonchev–Trinajstić information content (AvgIpc) is 2.54. The molecule has 21 heavy (non-hydrogen) atoms. The summed E-state index contributed by atoms with van der Waals surface area (Å²) < 4.78 is 5.54. The molecule has 0 saturated heterocycles. The first kappa shape index (κ1) is 15.2. The summed E-state index contributed by atoms with van der Waals surface area (Å²) in [6.07, 6.45) is 7.45. The first-order valence-corrected chi connectivity index (χ1v) is 7.29. The van der Waals surface area contributed by atoms with Gasteiger partial charge in [-0.05, 0) is 31.0 Å². The fourth-order valence-corrected chi connectivity index (χ4v) is 2.20. The number of para-hydroxylation sites is 1. The maximum atomic E-state index is 5.54. The summed E-state index contributed by atoms with van der Waals surface area (Å²) in [6, 6.07) is 18.6. The zero-order chi connectivity index (χ0) is 14.8. The summed E-state index contributed by atoms with van der Waals surface area (Å²) >= 11 is 0. The molecule has 2 nitrogen and oxygen atoms in total. The fraction of sp³-hybridized carbons (Fsp3) is 0.263. The van der Waals surface area contributed by atoms with Gasteiger partial charge in [-0.15, -0.1) is 6.42 Å². The third-order valence-corrected chi connectivity index (χ3v) is 3.26. The number of aryl methyl sites for hydroxylation is 1. The van der Waals surface area contributed by atoms with Crippen molar-refractivity contribution in [2.45, 2.75) is 19.4 Å². The molecular formula is C19H21NO. The highest BCUT2D eigenvalue weighted by molar-refractivity contribution is 5.33. The van der Waals surface area contributed by atoms with Gasteiger partial charge in [0.15, 0.2) is 0 Å². The minimum absolute atomic E-state index is 0.311. The molecule has 0 aromatic heterocycles. The Morgan fingerprint density at radius 2 is 1.76 bits per heavy atom. The van der Waals surface area contributed by atoms with Crippen molar-refractivity contribution < 1.29 is 4.74 Å². The maximum absolute atomic E-state index is 5.54. The molecule has 1 N–H and O–H groups in total. The van der Waals surface area contributed by atoms with E-state index in [1.165, 1.54) is 5.56 Å². The Bertz CT molecular complexity index is 572. The van der Waals surface area contributed by atoms with E-state index in [9.17, 15) is 0 Å². The number of nitrogens with one attached hydrogen (secondary N) is 1. The van der Waals surface area contributed by atoms with Crippen LogP contribution in [0, 0.1) is 12.3 Å². The fourth-order valence-electron chi connectivity index (χ4n) is 2.20. The van der Waals surface area contributed by atoms with Crippen LogP contribution >= 0.6 is 0 Å². The lowest BCUT2D eigenvalue weighted by Crippen LogP contribution is -2.16. The molecule has 0 aliphatic rings. The van der Waals surface area contributed by atoms with Crippen LogP contribution in [0.5, 0.6) is 5.75 Å². The lowest BCUT2D eigenvalue weighted by atomic mass is 10.1. The highest BCUT2D eigenvalue weighted by Gasteiger charge is 2.01. The minimum Gasteiger partial charge on any atom is -0.481 e. The zero-order valence-corrected chi connectivity index (χ0v) is 12.2. The van der Waals surface area contributed by atoms with Crippen molar-refractivity contribution in [2.75, 3.05) is 13.2 Å². The number of hydrogen-bond acceptors (Lipinski definition) is 2. The highest BCUT2D eigenvalue weighted by atomic mass is 16.5. The number of terminal acetylenes is 1. The molecule has 2 aromatic carbocycles. The van der Waals surface area contributed by atoms with E-state index in [2.05, 4.69) is 47.6 Å². The van der Waals surface area contributed by atoms with Crippen molar-refractivity contribution in [3.05, 3.63) is 65.7 Å². The third-order valence-electron chi connectivity index (χ3n) is 3.26. The number of rotatable bonds is 8. The Morgan fingerprint density at radius 1 is 1.00 bits per heavy atom. The van der Waals surface area contributed by atoms with Gasteiger partial charge in [0.25, 0.3) is 0 Å². The molecule has 2 heteroatoms. The van der Waals surface area contributed by atoms with E-state index in [0.29, 0.717) is 6.61 Å². The van der Waals surface area contributed by atoms with Crippen molar-refractivity contribution in [3.63, 3.8) is 0 Å². The van der Waals surface area contributed by atoms with Gasteiger partial charge in [0.05, 0.1) is 0 Å². The lowest BCUT2D eigenvalue weighted by Gasteiger charge is -2.10. The van der Waals surface area contributed by atoms with Gasteiger partial charge in [0.1, 0.15) is 12.4 Å². The van der Waals surface area contributed by atoms with Crippen molar-refractivity contribution in [2.24, 2.45) is 0 Å². The van der Waals surface area contributed by atoms with Gasteiger partial charge in [0.2, 0.25) is 0 Å². The van der Waals surface area contributed by atoms with Crippen LogP contribution in [0.3, 0.4) is 0 Å². The van der Waals surface area contributed by atoms with Crippen molar-refractivity contribution >= 4 is 0 Å². The van der Waals surface area contributed by atoms with E-state index in [0.717, 1.165) is 37.2 Å². The zero-order valence-electron chi connectivity index (χ0n) is 12.2. The SMILES string of the molecule is C#CCOc1ccccc1CNCCCc1ccccc1. The first-order valence-electron chi connectivity index (χ1n) is 7.29. The molecule has 2 aromatic rings. The van der Waals surface area contributed by atoms with Crippen LogP contribution in [0.15, 0.2) is 54.6 Å². The summed E-state index contributed by atoms with van der Waals surface area (Å²) in [7, 11) is 0. The van der Waals surface area contributed by atoms with E-state index >= 15 is 0 Å². The van der Waals surface area contributed by atoms with Crippen molar-refractivity contribution in [3.8, 4) is 18.1 Å². The summed E-state index contributed by atoms with van der Waals surface area (Å²) in [5.74, 6) is 3.36. The van der Waals surface area contributed by atoms with Crippen LogP contribution < -0.4 is 10.1 Å². The molecular weight excluding hydrogens is 258 g/mol. The molecule has 0 unspecified atom stereocenters. The van der Waals surface area contributed by atoms with Crippen LogP contribution in [-0.2, 0) is 13.0 Å². The van der Waals surface area contributed by atoms with Crippen LogP contribution in [0.2, 0.25) is 0 Å². The average molecular weight is 279 g/mol. The standard InChI is InChI=1S/C19H21NO/c1-2-15-21-19-13-7-6-12-18(19)16-20-14-8-11-17-9-4-3-5-10-17/h1,3-7,9-10,12-13,20H,8,11,14-16H2. The normalized spacial score (nSPS) is 10.0. The second-order valence-corrected chi connectivity index (χ2v) is 4.87. The molecule has 0 aliphatic carbocycles. The molecule has 108 valence electrons. The topological polar surface area (TPSA) is 21.3 Å². The highest BCUT2D eigenvalue weighted by Crippen LogP contribution is 2.17. The van der Waals surface area contributed by atoms with E-state index in [1.54, 1.807) is 0 Å². The molecule has 0 radical (unpaired) electrons. The molecule has 0 heterocycles. The third kappa shape index (κ3) is 5.33. The van der Waals surface area contributed by atoms with Gasteiger partial charge in [-0.25, -0.2) is 0 Å². The molecule has 0 atom stereocenters. The molecule has 0 spiro atoms. The van der Waals surface area contributed by atoms with E-state index in [1.807, 2.05) is 18.2 Å². The number of ether oxygens (including phenoxy) is 1. The summed E-state index contributed by atoms with van der Waals surface area (Å²) in [4.78, 5) is 0. The smallest absolute Gasteiger partial charge is 0.148 e. The molecule has 2 rings (SSSR count). The first-order chi connectivity index (χ1) is 10.4. The Balaban J connectivity index is 1.72. The Labute approximate surface area is 127 Å². The predicted octanol–water partition coefficient (Wildman–Crippen LogP) is 3.42. The minimum atomic E-state index is 0.311. The van der Waals surface area contributed by atoms with E-state index in [4.69, 9.17) is 11.2 Å². The van der Waals surface area contributed by atoms with Gasteiger partial charge in [-0.2, -0.15) is 0 Å². The largest absolute Gasteiger partial charge is 0.481 e. The number of benzene rings is 2. The van der Waals surface area contributed by atoms with Crippen LogP contribution in [-0.4, -0.2) is 13.2 Å². The summed E-state index contributed by atoms with van der Waals surface area (Å²) in [6.45, 7) is 2.10. The second-order valence-electron chi connectivity index (χ2n) is 4.87. The van der Waals surface area contributed by atoms with Gasteiger partial charge in [-0.1, -0.05) is 54.5 Å². The monoisotopic (exact) mass is 279 g/mol. The summed E-state index contributed by atoms with van der Waals surface area (Å²) in [5.41, 5.74) is 2.53. The summed E-state index contributed by atoms with van der Waals surface area (Å²) in [5, 5.41) is 3.46. The number of hydrogen-bond donors (Lipinski definition) is 1. The van der Waals surface area contributed by atoms with Crippen molar-refractivity contribution in [1.82, 2.24) is 5.32 Å². The Kier molecular flexibility index (Phi) is 6.38. The van der Waals surface area contributed by atoms with E-state index < -0.39 is 0 Å². The molecule has 0 aliphatic heterocycles. The van der Waals surface area contributed by atoms with Crippen LogP contribution in [0.25, 0.3) is 0 Å². The molecule has 0 saturated carbocycles. The molecule has 0 amide bonds. The maximum Gasteiger partial charge on any atom is 0.148 e. The Hall–Kier alpha value is -2.24. The second kappa shape index (κ2) is 8.84. The van der Waals surface area contributed by atoms with Crippen LogP contribution in [0.1, 0.15) is 17.5 Å². The molecule has 0 bridgehead atoms. The van der Waals surface area contributed by atoms with Gasteiger partial charge in [0, 0.05) is 12.1 Å². The lowest BCUT2D eigenvalue weighted by molar-refractivity contribution is 0.365. The van der Waals surface area contributed by atoms with Crippen molar-refractivity contribution in [1.29, 1.82) is 0 Å². The molecule has 0 fully saturated rings. The Morgan fingerprint density at radius 3 is 2.57 bits per heavy atom. The van der Waals surface area contributed by atoms with Crippen LogP contribution in [0.4, 0.5) is 0 Å². The quantitative estimate of drug-likeness (QED) is 0.590. The van der Waals surface area contributed by atoms with E-state index in [-0.39, 0.29) is 0 Å².